The first-order valence-electron chi connectivity index (χ1n) is 1.10. The molecule has 0 heterocycles. The van der Waals surface area contributed by atoms with Crippen LogP contribution in [0.1, 0.15) is 0 Å². The molecule has 0 aromatic rings. The average Bonchev–Trinajstić information content (AvgIpc) is 1.25. The van der Waals surface area contributed by atoms with Gasteiger partial charge in [0.2, 0.25) is 0 Å². The van der Waals surface area contributed by atoms with Crippen molar-refractivity contribution in [2.24, 2.45) is 0 Å². The Morgan fingerprint density at radius 1 is 0.800 bits per heavy atom. The van der Waals surface area contributed by atoms with Gasteiger partial charge in [-0.1, -0.05) is 0 Å². The van der Waals surface area contributed by atoms with E-state index in [0.29, 0.717) is 0 Å². The van der Waals surface area contributed by atoms with E-state index in [4.69, 9.17) is 30.6 Å². The van der Waals surface area contributed by atoms with Crippen molar-refractivity contribution in [1.82, 2.24) is 0 Å². The molecule has 0 fully saturated rings. The molecule has 10 heavy (non-hydrogen) atoms. The molecular weight excluding hydrogens is 239 g/mol. The van der Waals surface area contributed by atoms with Gasteiger partial charge in [-0.05, 0) is 0 Å². The standard InChI is InChI=1S/Ag.Li.2NO3/c;;2*2-1(3)4/q2*+1;2*-1. The molecule has 0 radical (unpaired) electrons. The van der Waals surface area contributed by atoms with Gasteiger partial charge in [0.05, 0.1) is 10.2 Å². The molecule has 0 aliphatic carbocycles. The Balaban J connectivity index is -0.0000000300. The third-order valence-corrected chi connectivity index (χ3v) is 0. The molecule has 0 aromatic carbocycles. The van der Waals surface area contributed by atoms with Crippen LogP contribution in [0.2, 0.25) is 0 Å². The predicted molar refractivity (Wildman–Crippen MR) is 20.7 cm³/mol. The number of rotatable bonds is 0. The summed E-state index contributed by atoms with van der Waals surface area (Å²) in [6.45, 7) is 0. The summed E-state index contributed by atoms with van der Waals surface area (Å²) in [7, 11) is 0. The Morgan fingerprint density at radius 3 is 0.800 bits per heavy atom. The van der Waals surface area contributed by atoms with Crippen LogP contribution in [0, 0.1) is 30.6 Å². The van der Waals surface area contributed by atoms with Gasteiger partial charge in [0.15, 0.2) is 0 Å². The minimum absolute atomic E-state index is 0. The minimum Gasteiger partial charge on any atom is -0.356 e. The summed E-state index contributed by atoms with van der Waals surface area (Å²) in [5, 5.41) is 29.5. The van der Waals surface area contributed by atoms with Gasteiger partial charge in [-0.15, -0.1) is 0 Å². The van der Waals surface area contributed by atoms with Gasteiger partial charge in [0, 0.05) is 0 Å². The molecule has 0 bridgehead atoms. The maximum atomic E-state index is 8.25. The molecule has 8 nitrogen and oxygen atoms in total. The zero-order valence-electron chi connectivity index (χ0n) is 4.65. The third kappa shape index (κ3) is 5100. The molecule has 0 atom stereocenters. The van der Waals surface area contributed by atoms with E-state index in [9.17, 15) is 0 Å². The maximum Gasteiger partial charge on any atom is 1.00 e. The SMILES string of the molecule is O=[N+]([O-])[O-].O=[N+]([O-])[O-].[Ag+].[Li+]. The van der Waals surface area contributed by atoms with Crippen molar-refractivity contribution in [2.45, 2.75) is 0 Å². The maximum absolute atomic E-state index is 8.25. The van der Waals surface area contributed by atoms with Gasteiger partial charge in [0.1, 0.15) is 0 Å². The molecular formula is AgLiN2O6. The number of hydrogen-bond acceptors (Lipinski definition) is 6. The molecule has 0 unspecified atom stereocenters. The first-order chi connectivity index (χ1) is 3.46. The van der Waals surface area contributed by atoms with Crippen LogP contribution in [0.15, 0.2) is 0 Å². The average molecular weight is 239 g/mol. The summed E-state index contributed by atoms with van der Waals surface area (Å²) in [5.41, 5.74) is 0. The van der Waals surface area contributed by atoms with Crippen LogP contribution in [0.3, 0.4) is 0 Å². The van der Waals surface area contributed by atoms with Crippen molar-refractivity contribution in [3.8, 4) is 0 Å². The zero-order valence-corrected chi connectivity index (χ0v) is 6.13. The quantitative estimate of drug-likeness (QED) is 0.245. The monoisotopic (exact) mass is 238 g/mol. The van der Waals surface area contributed by atoms with E-state index in [1.807, 2.05) is 0 Å². The first kappa shape index (κ1) is 22.6. The van der Waals surface area contributed by atoms with E-state index in [1.165, 1.54) is 0 Å². The van der Waals surface area contributed by atoms with Crippen molar-refractivity contribution >= 4 is 0 Å². The summed E-state index contributed by atoms with van der Waals surface area (Å²) < 4.78 is 0. The molecule has 0 rings (SSSR count). The van der Waals surface area contributed by atoms with Crippen LogP contribution in [-0.2, 0) is 22.4 Å². The van der Waals surface area contributed by atoms with Gasteiger partial charge in [0.25, 0.3) is 0 Å². The van der Waals surface area contributed by atoms with E-state index >= 15 is 0 Å². The fourth-order valence-electron chi connectivity index (χ4n) is 0. The van der Waals surface area contributed by atoms with Gasteiger partial charge in [-0.2, -0.15) is 0 Å². The van der Waals surface area contributed by atoms with Crippen LogP contribution in [0.5, 0.6) is 0 Å². The Labute approximate surface area is 82.1 Å². The molecule has 0 saturated heterocycles. The van der Waals surface area contributed by atoms with Crippen LogP contribution in [-0.4, -0.2) is 10.2 Å². The van der Waals surface area contributed by atoms with Crippen molar-refractivity contribution < 1.29 is 51.4 Å². The van der Waals surface area contributed by atoms with Crippen molar-refractivity contribution in [1.29, 1.82) is 0 Å². The van der Waals surface area contributed by atoms with E-state index in [2.05, 4.69) is 0 Å². The molecule has 0 N–H and O–H groups in total. The molecule has 0 aliphatic heterocycles. The van der Waals surface area contributed by atoms with E-state index in [0.717, 1.165) is 0 Å². The molecule has 0 aliphatic rings. The summed E-state index contributed by atoms with van der Waals surface area (Å²) in [6, 6.07) is 0. The van der Waals surface area contributed by atoms with E-state index in [1.54, 1.807) is 0 Å². The summed E-state index contributed by atoms with van der Waals surface area (Å²) in [4.78, 5) is 16.5. The van der Waals surface area contributed by atoms with Gasteiger partial charge in [-0.25, -0.2) is 0 Å². The summed E-state index contributed by atoms with van der Waals surface area (Å²) in [6.07, 6.45) is 0. The zero-order chi connectivity index (χ0) is 7.15. The second-order valence-electron chi connectivity index (χ2n) is 0.447. The molecule has 0 saturated carbocycles. The Bertz CT molecular complexity index is 73.7. The van der Waals surface area contributed by atoms with Crippen LogP contribution in [0.25, 0.3) is 0 Å². The smallest absolute Gasteiger partial charge is 0.356 e. The summed E-state index contributed by atoms with van der Waals surface area (Å²) in [5.74, 6) is 0. The normalized spacial score (nSPS) is 4.80. The van der Waals surface area contributed by atoms with Crippen LogP contribution < -0.4 is 18.9 Å². The van der Waals surface area contributed by atoms with Gasteiger partial charge in [-0.3, -0.25) is 0 Å². The third-order valence-electron chi connectivity index (χ3n) is 0. The molecule has 0 amide bonds. The minimum atomic E-state index is -1.75. The van der Waals surface area contributed by atoms with Crippen molar-refractivity contribution in [3.63, 3.8) is 0 Å². The van der Waals surface area contributed by atoms with Crippen LogP contribution >= 0.6 is 0 Å². The molecule has 0 aromatic heterocycles. The fourth-order valence-corrected chi connectivity index (χ4v) is 0. The molecule has 0 spiro atoms. The predicted octanol–water partition coefficient (Wildman–Crippen LogP) is -3.48. The Kier molecular flexibility index (Phi) is 35.9. The Hall–Kier alpha value is -0.262. The number of hydrogen-bond donors (Lipinski definition) is 0. The van der Waals surface area contributed by atoms with Crippen molar-refractivity contribution in [2.75, 3.05) is 0 Å². The van der Waals surface area contributed by atoms with Crippen LogP contribution in [0.4, 0.5) is 0 Å². The second kappa shape index (κ2) is 15.9. The van der Waals surface area contributed by atoms with Crippen molar-refractivity contribution in [3.05, 3.63) is 30.6 Å². The summed E-state index contributed by atoms with van der Waals surface area (Å²) >= 11 is 0. The topological polar surface area (TPSA) is 132 Å². The van der Waals surface area contributed by atoms with Gasteiger partial charge < -0.3 is 30.6 Å². The number of nitrogens with zero attached hydrogens (tertiary/aromatic N) is 2. The Morgan fingerprint density at radius 2 is 0.800 bits per heavy atom. The van der Waals surface area contributed by atoms with Gasteiger partial charge >= 0.3 is 41.2 Å². The first-order valence-corrected chi connectivity index (χ1v) is 1.10. The van der Waals surface area contributed by atoms with E-state index in [-0.39, 0.29) is 41.2 Å². The fraction of sp³-hybridized carbons (Fsp3) is 0. The molecule has 10 heteroatoms. The largest absolute Gasteiger partial charge is 1.00 e. The van der Waals surface area contributed by atoms with E-state index < -0.39 is 10.2 Å². The molecule has 58 valence electrons. The second-order valence-corrected chi connectivity index (χ2v) is 0.447.